The van der Waals surface area contributed by atoms with Gasteiger partial charge in [-0.2, -0.15) is 0 Å². The van der Waals surface area contributed by atoms with Crippen LogP contribution >= 0.6 is 0 Å². The van der Waals surface area contributed by atoms with Gasteiger partial charge in [0.2, 0.25) is 0 Å². The molecule has 1 fully saturated rings. The van der Waals surface area contributed by atoms with E-state index in [0.717, 1.165) is 18.3 Å². The quantitative estimate of drug-likeness (QED) is 0.703. The molecule has 0 saturated carbocycles. The molecule has 4 rings (SSSR count). The summed E-state index contributed by atoms with van der Waals surface area (Å²) in [5.41, 5.74) is 4.43. The molecule has 138 valence electrons. The van der Waals surface area contributed by atoms with Crippen molar-refractivity contribution in [2.45, 2.75) is 44.1 Å². The fraction of sp³-hybridized carbons (Fsp3) is 0.500. The lowest BCUT2D eigenvalue weighted by Gasteiger charge is -2.34. The second-order valence-corrected chi connectivity index (χ2v) is 8.05. The van der Waals surface area contributed by atoms with Gasteiger partial charge in [-0.05, 0) is 73.7 Å². The molecule has 2 nitrogen and oxygen atoms in total. The molecule has 1 saturated heterocycles. The van der Waals surface area contributed by atoms with Crippen molar-refractivity contribution in [3.05, 3.63) is 71.3 Å². The van der Waals surface area contributed by atoms with Crippen molar-refractivity contribution in [1.82, 2.24) is 4.90 Å². The Kier molecular flexibility index (Phi) is 5.72. The van der Waals surface area contributed by atoms with Crippen molar-refractivity contribution < 1.29 is 4.74 Å². The van der Waals surface area contributed by atoms with Crippen molar-refractivity contribution in [2.75, 3.05) is 26.7 Å². The second-order valence-electron chi connectivity index (χ2n) is 8.05. The topological polar surface area (TPSA) is 12.5 Å². The molecule has 0 aromatic heterocycles. The summed E-state index contributed by atoms with van der Waals surface area (Å²) in [6.45, 7) is 3.71. The first-order chi connectivity index (χ1) is 12.8. The molecule has 1 aliphatic carbocycles. The van der Waals surface area contributed by atoms with Gasteiger partial charge < -0.3 is 9.64 Å². The van der Waals surface area contributed by atoms with Crippen LogP contribution in [-0.2, 0) is 11.2 Å². The van der Waals surface area contributed by atoms with Crippen LogP contribution in [0.1, 0.15) is 54.4 Å². The van der Waals surface area contributed by atoms with E-state index >= 15 is 0 Å². The summed E-state index contributed by atoms with van der Waals surface area (Å²) >= 11 is 0. The highest BCUT2D eigenvalue weighted by Crippen LogP contribution is 2.35. The maximum Gasteiger partial charge on any atom is 0.0826 e. The lowest BCUT2D eigenvalue weighted by molar-refractivity contribution is 0.0705. The molecule has 0 N–H and O–H groups in total. The van der Waals surface area contributed by atoms with Crippen LogP contribution in [0.25, 0.3) is 0 Å². The molecule has 26 heavy (non-hydrogen) atoms. The lowest BCUT2D eigenvalue weighted by Crippen LogP contribution is -2.37. The Morgan fingerprint density at radius 1 is 0.923 bits per heavy atom. The molecule has 2 heteroatoms. The number of methoxy groups -OCH3 is 1. The van der Waals surface area contributed by atoms with Crippen molar-refractivity contribution in [3.8, 4) is 0 Å². The monoisotopic (exact) mass is 349 g/mol. The van der Waals surface area contributed by atoms with Crippen LogP contribution in [0.5, 0.6) is 0 Å². The molecule has 2 aromatic rings. The maximum absolute atomic E-state index is 5.87. The Morgan fingerprint density at radius 2 is 1.65 bits per heavy atom. The number of hydrogen-bond acceptors (Lipinski definition) is 2. The average molecular weight is 350 g/mol. The first-order valence-corrected chi connectivity index (χ1v) is 10.2. The predicted molar refractivity (Wildman–Crippen MR) is 107 cm³/mol. The van der Waals surface area contributed by atoms with Crippen molar-refractivity contribution in [1.29, 1.82) is 0 Å². The zero-order valence-electron chi connectivity index (χ0n) is 15.9. The van der Waals surface area contributed by atoms with Gasteiger partial charge in [-0.1, -0.05) is 54.6 Å². The number of likely N-dealkylation sites (tertiary alicyclic amines) is 1. The summed E-state index contributed by atoms with van der Waals surface area (Å²) in [6.07, 6.45) is 6.50. The number of ether oxygens (including phenoxy) is 1. The number of hydrogen-bond donors (Lipinski definition) is 0. The number of nitrogens with zero attached hydrogens (tertiary/aromatic N) is 1. The first-order valence-electron chi connectivity index (χ1n) is 10.2. The summed E-state index contributed by atoms with van der Waals surface area (Å²) in [6, 6.07) is 19.9. The van der Waals surface area contributed by atoms with Crippen molar-refractivity contribution in [2.24, 2.45) is 5.92 Å². The standard InChI is InChI=1S/C24H31NO/c1-26-24-17-19(11-12-22-9-5-6-10-23(22)24)18-25-15-13-21(14-16-25)20-7-3-2-4-8-20/h2-10,19,21,24H,11-18H2,1H3. The number of piperidine rings is 1. The van der Waals surface area contributed by atoms with E-state index in [1.165, 1.54) is 62.0 Å². The second kappa shape index (κ2) is 8.37. The molecule has 2 aromatic carbocycles. The fourth-order valence-electron chi connectivity index (χ4n) is 4.91. The third-order valence-corrected chi connectivity index (χ3v) is 6.43. The molecule has 2 unspecified atom stereocenters. The van der Waals surface area contributed by atoms with Gasteiger partial charge in [-0.25, -0.2) is 0 Å². The number of benzene rings is 2. The van der Waals surface area contributed by atoms with Crippen LogP contribution in [-0.4, -0.2) is 31.6 Å². The van der Waals surface area contributed by atoms with Gasteiger partial charge in [0.15, 0.2) is 0 Å². The fourth-order valence-corrected chi connectivity index (χ4v) is 4.91. The minimum absolute atomic E-state index is 0.264. The average Bonchev–Trinajstić information content (AvgIpc) is 2.89. The molecule has 0 radical (unpaired) electrons. The summed E-state index contributed by atoms with van der Waals surface area (Å²) in [5.74, 6) is 1.48. The minimum atomic E-state index is 0.264. The van der Waals surface area contributed by atoms with Crippen molar-refractivity contribution >= 4 is 0 Å². The van der Waals surface area contributed by atoms with E-state index < -0.39 is 0 Å². The Bertz CT molecular complexity index is 690. The van der Waals surface area contributed by atoms with Gasteiger partial charge in [0.1, 0.15) is 0 Å². The normalized spacial score (nSPS) is 24.8. The van der Waals surface area contributed by atoms with E-state index in [2.05, 4.69) is 59.5 Å². The summed E-state index contributed by atoms with van der Waals surface area (Å²) in [4.78, 5) is 2.70. The highest BCUT2D eigenvalue weighted by molar-refractivity contribution is 5.30. The van der Waals surface area contributed by atoms with Gasteiger partial charge >= 0.3 is 0 Å². The largest absolute Gasteiger partial charge is 0.377 e. The molecule has 0 amide bonds. The van der Waals surface area contributed by atoms with E-state index in [9.17, 15) is 0 Å². The Balaban J connectivity index is 1.34. The van der Waals surface area contributed by atoms with E-state index in [0.29, 0.717) is 0 Å². The van der Waals surface area contributed by atoms with Gasteiger partial charge in [0.25, 0.3) is 0 Å². The van der Waals surface area contributed by atoms with Gasteiger partial charge in [0, 0.05) is 13.7 Å². The summed E-state index contributed by atoms with van der Waals surface area (Å²) < 4.78 is 5.87. The van der Waals surface area contributed by atoms with E-state index in [4.69, 9.17) is 4.74 Å². The molecular weight excluding hydrogens is 318 g/mol. The van der Waals surface area contributed by atoms with E-state index in [-0.39, 0.29) is 6.10 Å². The molecule has 1 heterocycles. The van der Waals surface area contributed by atoms with E-state index in [1.807, 2.05) is 7.11 Å². The highest BCUT2D eigenvalue weighted by Gasteiger charge is 2.27. The van der Waals surface area contributed by atoms with Crippen LogP contribution in [0.4, 0.5) is 0 Å². The smallest absolute Gasteiger partial charge is 0.0826 e. The molecule has 0 bridgehead atoms. The van der Waals surface area contributed by atoms with Gasteiger partial charge in [-0.3, -0.25) is 0 Å². The van der Waals surface area contributed by atoms with E-state index in [1.54, 1.807) is 0 Å². The minimum Gasteiger partial charge on any atom is -0.377 e. The molecular formula is C24H31NO. The number of aryl methyl sites for hydroxylation is 1. The molecule has 2 atom stereocenters. The van der Waals surface area contributed by atoms with Crippen LogP contribution in [0.15, 0.2) is 54.6 Å². The number of fused-ring (bicyclic) bond motifs is 1. The van der Waals surface area contributed by atoms with Crippen molar-refractivity contribution in [3.63, 3.8) is 0 Å². The zero-order chi connectivity index (χ0) is 17.8. The Hall–Kier alpha value is -1.64. The van der Waals surface area contributed by atoms with Gasteiger partial charge in [0.05, 0.1) is 6.10 Å². The molecule has 1 aliphatic heterocycles. The molecule has 0 spiro atoms. The Morgan fingerprint density at radius 3 is 2.42 bits per heavy atom. The zero-order valence-corrected chi connectivity index (χ0v) is 15.9. The van der Waals surface area contributed by atoms with Gasteiger partial charge in [-0.15, -0.1) is 0 Å². The Labute approximate surface area is 158 Å². The molecule has 2 aliphatic rings. The third-order valence-electron chi connectivity index (χ3n) is 6.43. The van der Waals surface area contributed by atoms with Crippen LogP contribution in [0.2, 0.25) is 0 Å². The SMILES string of the molecule is COC1CC(CN2CCC(c3ccccc3)CC2)CCc2ccccc21. The maximum atomic E-state index is 5.87. The third kappa shape index (κ3) is 4.02. The number of rotatable bonds is 4. The lowest BCUT2D eigenvalue weighted by atomic mass is 9.88. The van der Waals surface area contributed by atoms with Crippen LogP contribution in [0.3, 0.4) is 0 Å². The van der Waals surface area contributed by atoms with Crippen LogP contribution in [0, 0.1) is 5.92 Å². The highest BCUT2D eigenvalue weighted by atomic mass is 16.5. The first kappa shape index (κ1) is 17.8. The summed E-state index contributed by atoms with van der Waals surface area (Å²) in [7, 11) is 1.87. The van der Waals surface area contributed by atoms with Crippen LogP contribution < -0.4 is 0 Å². The predicted octanol–water partition coefficient (Wildman–Crippen LogP) is 5.21. The summed E-state index contributed by atoms with van der Waals surface area (Å²) in [5, 5.41) is 0.